The topological polar surface area (TPSA) is 26.8 Å². The van der Waals surface area contributed by atoms with Crippen LogP contribution >= 0.6 is 0 Å². The Labute approximate surface area is 295 Å². The third kappa shape index (κ3) is 2.93. The molecule has 0 amide bonds. The van der Waals surface area contributed by atoms with Crippen molar-refractivity contribution in [3.8, 4) is 45.3 Å². The summed E-state index contributed by atoms with van der Waals surface area (Å²) in [5, 5.41) is 2.50. The summed E-state index contributed by atoms with van der Waals surface area (Å²) in [4.78, 5) is 0. The van der Waals surface area contributed by atoms with Gasteiger partial charge in [0.25, 0.3) is 5.82 Å². The van der Waals surface area contributed by atoms with Gasteiger partial charge in [-0.3, -0.25) is 0 Å². The van der Waals surface area contributed by atoms with Crippen LogP contribution in [0.3, 0.4) is 0 Å². The number of pyridine rings is 1. The van der Waals surface area contributed by atoms with E-state index in [2.05, 4.69) is 166 Å². The normalized spacial score (nSPS) is 21.8. The molecule has 1 spiro atoms. The minimum Gasteiger partial charge on any atom is -0.456 e. The number of nitrogens with zero attached hydrogens (tertiary/aromatic N) is 4. The number of rotatable bonds is 2. The highest BCUT2D eigenvalue weighted by Crippen LogP contribution is 2.63. The highest BCUT2D eigenvalue weighted by Gasteiger charge is 2.68. The van der Waals surface area contributed by atoms with Gasteiger partial charge in [-0.15, -0.1) is 4.68 Å². The zero-order valence-corrected chi connectivity index (χ0v) is 28.5. The van der Waals surface area contributed by atoms with Gasteiger partial charge < -0.3 is 4.74 Å². The van der Waals surface area contributed by atoms with Gasteiger partial charge in [-0.1, -0.05) is 85.3 Å². The van der Waals surface area contributed by atoms with Crippen molar-refractivity contribution < 1.29 is 14.0 Å². The highest BCUT2D eigenvalue weighted by molar-refractivity contribution is 6.11. The third-order valence-electron chi connectivity index (χ3n) is 13.5. The first-order chi connectivity index (χ1) is 25.0. The van der Waals surface area contributed by atoms with Gasteiger partial charge in [0.2, 0.25) is 6.20 Å². The molecule has 0 saturated heterocycles. The molecule has 2 bridgehead atoms. The van der Waals surface area contributed by atoms with E-state index in [1.54, 1.807) is 11.1 Å². The molecule has 14 rings (SSSR count). The second-order valence-corrected chi connectivity index (χ2v) is 15.9. The molecule has 1 saturated carbocycles. The number of hydrogen-bond donors (Lipinski definition) is 0. The third-order valence-corrected chi connectivity index (χ3v) is 13.5. The summed E-state index contributed by atoms with van der Waals surface area (Å²) in [6.07, 6.45) is 9.46. The van der Waals surface area contributed by atoms with Gasteiger partial charge in [0.05, 0.1) is 18.0 Å². The molecule has 5 nitrogen and oxygen atoms in total. The van der Waals surface area contributed by atoms with Gasteiger partial charge in [0.15, 0.2) is 11.1 Å². The molecule has 6 heterocycles. The van der Waals surface area contributed by atoms with E-state index in [1.165, 1.54) is 68.0 Å². The van der Waals surface area contributed by atoms with E-state index < -0.39 is 5.66 Å². The number of hydrogen-bond acceptors (Lipinski definition) is 1. The Morgan fingerprint density at radius 2 is 1.55 bits per heavy atom. The highest BCUT2D eigenvalue weighted by atomic mass is 16.5. The van der Waals surface area contributed by atoms with E-state index in [-0.39, 0.29) is 0 Å². The van der Waals surface area contributed by atoms with Crippen LogP contribution in [0.2, 0.25) is 0 Å². The van der Waals surface area contributed by atoms with Crippen molar-refractivity contribution in [1.82, 2.24) is 9.25 Å². The fourth-order valence-electron chi connectivity index (χ4n) is 11.0. The quantitative estimate of drug-likeness (QED) is 0.170. The Morgan fingerprint density at radius 1 is 0.725 bits per heavy atom. The van der Waals surface area contributed by atoms with E-state index in [1.807, 2.05) is 0 Å². The first-order valence-electron chi connectivity index (χ1n) is 18.3. The summed E-state index contributed by atoms with van der Waals surface area (Å²) >= 11 is 0. The van der Waals surface area contributed by atoms with E-state index in [0.717, 1.165) is 28.9 Å². The van der Waals surface area contributed by atoms with Crippen molar-refractivity contribution in [2.24, 2.45) is 11.3 Å². The summed E-state index contributed by atoms with van der Waals surface area (Å²) in [5.41, 5.74) is 13.9. The molecule has 3 unspecified atom stereocenters. The van der Waals surface area contributed by atoms with Crippen LogP contribution in [0.25, 0.3) is 55.6 Å². The monoisotopic (exact) mass is 658 g/mol. The predicted octanol–water partition coefficient (Wildman–Crippen LogP) is 9.20. The molecule has 3 aromatic heterocycles. The molecule has 1 fully saturated rings. The molecule has 8 aromatic rings. The van der Waals surface area contributed by atoms with Crippen LogP contribution in [0, 0.1) is 11.3 Å². The largest absolute Gasteiger partial charge is 0.456 e. The van der Waals surface area contributed by atoms with Gasteiger partial charge in [-0.05, 0) is 100 Å². The number of ether oxygens (including phenoxy) is 1. The molecule has 3 atom stereocenters. The number of para-hydroxylation sites is 1. The smallest absolute Gasteiger partial charge is 0.397 e. The van der Waals surface area contributed by atoms with Crippen molar-refractivity contribution in [2.45, 2.75) is 38.3 Å². The maximum atomic E-state index is 6.82. The SMILES string of the molecule is CC1(C)C2Cc3cccc(-c4ccc(-c5cn6[n+](c5)C57c8c(cccc8-6)Oc6ccc8c9ccccc9n(c8c65)-c5cccc[n+]57)cc4)c3C1C2. The van der Waals surface area contributed by atoms with E-state index >= 15 is 0 Å². The molecule has 0 N–H and O–H groups in total. The lowest BCUT2D eigenvalue weighted by Crippen LogP contribution is -2.76. The van der Waals surface area contributed by atoms with E-state index in [4.69, 9.17) is 4.74 Å². The number of benzene rings is 5. The predicted molar refractivity (Wildman–Crippen MR) is 198 cm³/mol. The van der Waals surface area contributed by atoms with Crippen molar-refractivity contribution in [3.05, 3.63) is 156 Å². The zero-order valence-electron chi connectivity index (χ0n) is 28.5. The summed E-state index contributed by atoms with van der Waals surface area (Å²) in [6, 6.07) is 42.6. The van der Waals surface area contributed by atoms with E-state index in [9.17, 15) is 0 Å². The lowest BCUT2D eigenvalue weighted by molar-refractivity contribution is -0.993. The molecule has 5 aromatic carbocycles. The zero-order chi connectivity index (χ0) is 33.4. The molecule has 3 aliphatic carbocycles. The van der Waals surface area contributed by atoms with Crippen LogP contribution in [0.15, 0.2) is 134 Å². The van der Waals surface area contributed by atoms with Gasteiger partial charge in [-0.2, -0.15) is 9.13 Å². The summed E-state index contributed by atoms with van der Waals surface area (Å²) in [6.45, 7) is 4.95. The van der Waals surface area contributed by atoms with Crippen LogP contribution in [0.5, 0.6) is 11.5 Å². The molecule has 0 radical (unpaired) electrons. The van der Waals surface area contributed by atoms with Crippen LogP contribution in [0.4, 0.5) is 0 Å². The Kier molecular flexibility index (Phi) is 4.57. The van der Waals surface area contributed by atoms with Crippen LogP contribution in [0.1, 0.15) is 48.4 Å². The Hall–Kier alpha value is -5.94. The Bertz CT molecular complexity index is 2890. The minimum absolute atomic E-state index is 0.390. The van der Waals surface area contributed by atoms with Gasteiger partial charge >= 0.3 is 5.66 Å². The van der Waals surface area contributed by atoms with Gasteiger partial charge in [0, 0.05) is 16.8 Å². The Balaban J connectivity index is 1.04. The second-order valence-electron chi connectivity index (χ2n) is 15.9. The average Bonchev–Trinajstić information content (AvgIpc) is 3.84. The summed E-state index contributed by atoms with van der Waals surface area (Å²) in [7, 11) is 0. The first kappa shape index (κ1) is 26.9. The fourth-order valence-corrected chi connectivity index (χ4v) is 11.0. The lowest BCUT2D eigenvalue weighted by atomic mass is 9.47. The summed E-state index contributed by atoms with van der Waals surface area (Å²) < 4.78 is 16.5. The first-order valence-corrected chi connectivity index (χ1v) is 18.3. The lowest BCUT2D eigenvalue weighted by Gasteiger charge is -2.57. The van der Waals surface area contributed by atoms with Crippen molar-refractivity contribution in [3.63, 3.8) is 0 Å². The fraction of sp³-hybridized carbons (Fsp3) is 0.174. The van der Waals surface area contributed by atoms with Gasteiger partial charge in [-0.25, -0.2) is 0 Å². The van der Waals surface area contributed by atoms with Crippen LogP contribution in [-0.2, 0) is 12.1 Å². The van der Waals surface area contributed by atoms with Crippen LogP contribution in [-0.4, -0.2) is 9.25 Å². The van der Waals surface area contributed by atoms with Crippen molar-refractivity contribution in [1.29, 1.82) is 0 Å². The molecule has 51 heavy (non-hydrogen) atoms. The molecular weight excluding hydrogens is 625 g/mol. The average molecular weight is 659 g/mol. The van der Waals surface area contributed by atoms with Crippen LogP contribution < -0.4 is 14.0 Å². The second kappa shape index (κ2) is 8.67. The maximum absolute atomic E-state index is 6.82. The number of fused-ring (bicyclic) bond motifs is 7. The van der Waals surface area contributed by atoms with Crippen molar-refractivity contribution in [2.75, 3.05) is 0 Å². The number of aromatic nitrogens is 4. The molecule has 5 heteroatoms. The molecule has 6 aliphatic rings. The van der Waals surface area contributed by atoms with E-state index in [0.29, 0.717) is 11.3 Å². The molecule has 3 aliphatic heterocycles. The van der Waals surface area contributed by atoms with Gasteiger partial charge in [0.1, 0.15) is 28.3 Å². The molecular formula is C46H34N4O+2. The molecule has 242 valence electrons. The standard InChI is InChI=1S/C46H34N4O/c1-45(2)31-23-29-9-7-11-32(41(29)35(45)24-31)28-18-16-27(17-19-28)30-25-48-37-13-8-14-38-42(37)46(49(48)26-30)43-39(51-38)21-20-34-33-10-3-4-12-36(33)50(44(34)43)40-15-5-6-22-47(40)46/h3-22,25-26,31,35H,23-24H2,1-2H3/q+2. The maximum Gasteiger partial charge on any atom is 0.397 e. The Morgan fingerprint density at radius 3 is 2.45 bits per heavy atom. The summed E-state index contributed by atoms with van der Waals surface area (Å²) in [5.74, 6) is 4.41. The van der Waals surface area contributed by atoms with Crippen molar-refractivity contribution >= 4 is 21.8 Å². The minimum atomic E-state index is -0.672.